The zero-order valence-electron chi connectivity index (χ0n) is 45.5. The van der Waals surface area contributed by atoms with Crippen molar-refractivity contribution < 1.29 is 66.2 Å². The van der Waals surface area contributed by atoms with Gasteiger partial charge in [0.05, 0.1) is 50.6 Å². The molecule has 16 heteroatoms. The van der Waals surface area contributed by atoms with Gasteiger partial charge in [0.15, 0.2) is 33.3 Å². The molecule has 0 aromatic heterocycles. The third-order valence-electron chi connectivity index (χ3n) is 15.5. The number of fused-ring (bicyclic) bond motifs is 3. The van der Waals surface area contributed by atoms with E-state index in [1.54, 1.807) is 24.3 Å². The Labute approximate surface area is 462 Å². The molecular formula is C63H69NO14Si. The molecule has 0 N–H and O–H groups in total. The van der Waals surface area contributed by atoms with E-state index in [9.17, 15) is 19.2 Å². The molecule has 0 bridgehead atoms. The predicted molar refractivity (Wildman–Crippen MR) is 295 cm³/mol. The van der Waals surface area contributed by atoms with Gasteiger partial charge in [-0.3, -0.25) is 19.3 Å². The van der Waals surface area contributed by atoms with E-state index in [1.165, 1.54) is 11.8 Å². The number of rotatable bonds is 20. The molecule has 15 nitrogen and oxygen atoms in total. The Morgan fingerprint density at radius 1 is 0.620 bits per heavy atom. The molecule has 4 aliphatic rings. The third kappa shape index (κ3) is 12.8. The second-order valence-electron chi connectivity index (χ2n) is 22.1. The van der Waals surface area contributed by atoms with Crippen LogP contribution in [0.4, 0.5) is 0 Å². The Hall–Kier alpha value is -6.28. The molecule has 414 valence electrons. The Bertz CT molecular complexity index is 3030. The molecule has 4 aliphatic heterocycles. The molecule has 0 unspecified atom stereocenters. The Morgan fingerprint density at radius 3 is 1.87 bits per heavy atom. The largest absolute Gasteiger partial charge is 0.454 e. The monoisotopic (exact) mass is 1090 g/mol. The molecule has 79 heavy (non-hydrogen) atoms. The lowest BCUT2D eigenvalue weighted by Gasteiger charge is -2.53. The van der Waals surface area contributed by atoms with Crippen molar-refractivity contribution >= 4 is 42.7 Å². The lowest BCUT2D eigenvalue weighted by Crippen LogP contribution is -2.70. The van der Waals surface area contributed by atoms with Crippen molar-refractivity contribution in [2.75, 3.05) is 13.2 Å². The maximum Gasteiger partial charge on any atom is 0.306 e. The van der Waals surface area contributed by atoms with Crippen LogP contribution in [0.2, 0.25) is 18.1 Å². The highest BCUT2D eigenvalue weighted by Gasteiger charge is 2.60. The summed E-state index contributed by atoms with van der Waals surface area (Å²) in [5.41, 5.74) is 3.75. The fourth-order valence-electron chi connectivity index (χ4n) is 10.2. The number of esters is 1. The van der Waals surface area contributed by atoms with Crippen LogP contribution in [-0.4, -0.2) is 111 Å². The number of carbonyl (C=O) groups excluding carboxylic acids is 4. The van der Waals surface area contributed by atoms with Crippen LogP contribution in [0.15, 0.2) is 158 Å². The normalized spacial score (nSPS) is 26.2. The summed E-state index contributed by atoms with van der Waals surface area (Å²) in [5.74, 6) is -2.00. The van der Waals surface area contributed by atoms with E-state index in [0.29, 0.717) is 0 Å². The highest BCUT2D eigenvalue weighted by Crippen LogP contribution is 2.44. The molecular weight excluding hydrogens is 1020 g/mol. The number of carbonyl (C=O) groups is 4. The van der Waals surface area contributed by atoms with Crippen molar-refractivity contribution in [1.29, 1.82) is 0 Å². The molecule has 0 saturated carbocycles. The SMILES string of the molecule is CC(=O)CCC(=O)O[C@H]1[C@H](O[C@H]2[C@H](OCc3ccccc3)[C@@H](N3C(=O)c4ccccc4C3=O)[C@H](O[Si](C)(C)C(C)(C)C)O[C@@H]2COCc2ccccc2)O[C@@H]2CO[C@@H](c3ccccc3)O[C@H]2[C@@H]1OCc1ccc2ccccc2c1. The molecule has 6 aromatic rings. The van der Waals surface area contributed by atoms with E-state index in [0.717, 1.165) is 33.0 Å². The number of benzene rings is 6. The Morgan fingerprint density at radius 2 is 1.22 bits per heavy atom. The van der Waals surface area contributed by atoms with E-state index < -0.39 is 93.7 Å². The quantitative estimate of drug-likeness (QED) is 0.0403. The van der Waals surface area contributed by atoms with Gasteiger partial charge in [-0.2, -0.15) is 0 Å². The Kier molecular flexibility index (Phi) is 17.4. The van der Waals surface area contributed by atoms with Gasteiger partial charge >= 0.3 is 5.97 Å². The van der Waals surface area contributed by atoms with Gasteiger partial charge in [0.2, 0.25) is 0 Å². The highest BCUT2D eigenvalue weighted by molar-refractivity contribution is 6.74. The second kappa shape index (κ2) is 24.6. The first-order valence-corrected chi connectivity index (χ1v) is 30.0. The summed E-state index contributed by atoms with van der Waals surface area (Å²) < 4.78 is 69.1. The van der Waals surface area contributed by atoms with E-state index in [2.05, 4.69) is 33.9 Å². The van der Waals surface area contributed by atoms with Crippen molar-refractivity contribution in [3.63, 3.8) is 0 Å². The summed E-state index contributed by atoms with van der Waals surface area (Å²) in [7, 11) is -2.82. The maximum absolute atomic E-state index is 14.9. The minimum absolute atomic E-state index is 0.00910. The molecule has 4 heterocycles. The van der Waals surface area contributed by atoms with Gasteiger partial charge in [-0.1, -0.05) is 160 Å². The molecule has 3 saturated heterocycles. The summed E-state index contributed by atoms with van der Waals surface area (Å²) in [6.45, 7) is 12.0. The van der Waals surface area contributed by atoms with Crippen LogP contribution in [-0.2, 0) is 76.5 Å². The topological polar surface area (TPSA) is 164 Å². The summed E-state index contributed by atoms with van der Waals surface area (Å²) in [6.07, 6.45) is -11.6. The lowest BCUT2D eigenvalue weighted by molar-refractivity contribution is -0.386. The van der Waals surface area contributed by atoms with Crippen LogP contribution in [0.3, 0.4) is 0 Å². The van der Waals surface area contributed by atoms with Crippen LogP contribution in [0.1, 0.15) is 89.8 Å². The molecule has 6 aromatic carbocycles. The van der Waals surface area contributed by atoms with Crippen molar-refractivity contribution in [2.24, 2.45) is 0 Å². The fraction of sp³-hybridized carbons (Fsp3) is 0.397. The number of imide groups is 1. The average Bonchev–Trinajstić information content (AvgIpc) is 3.99. The minimum Gasteiger partial charge on any atom is -0.454 e. The molecule has 0 aliphatic carbocycles. The van der Waals surface area contributed by atoms with E-state index in [4.69, 9.17) is 47.1 Å². The Balaban J connectivity index is 1.09. The summed E-state index contributed by atoms with van der Waals surface area (Å²) in [6, 6.07) is 48.2. The van der Waals surface area contributed by atoms with Crippen LogP contribution >= 0.6 is 0 Å². The van der Waals surface area contributed by atoms with Crippen molar-refractivity contribution in [1.82, 2.24) is 4.90 Å². The maximum atomic E-state index is 14.9. The molecule has 2 amide bonds. The minimum atomic E-state index is -2.82. The van der Waals surface area contributed by atoms with Crippen LogP contribution in [0.25, 0.3) is 10.8 Å². The van der Waals surface area contributed by atoms with Crippen LogP contribution in [0, 0.1) is 0 Å². The van der Waals surface area contributed by atoms with Crippen LogP contribution < -0.4 is 0 Å². The molecule has 10 rings (SSSR count). The van der Waals surface area contributed by atoms with E-state index in [1.807, 2.05) is 133 Å². The van der Waals surface area contributed by atoms with E-state index in [-0.39, 0.29) is 67.8 Å². The number of hydrogen-bond donors (Lipinski definition) is 0. The lowest BCUT2D eigenvalue weighted by atomic mass is 9.93. The van der Waals surface area contributed by atoms with Crippen molar-refractivity contribution in [3.05, 3.63) is 191 Å². The first-order valence-electron chi connectivity index (χ1n) is 27.1. The van der Waals surface area contributed by atoms with Gasteiger partial charge in [0.25, 0.3) is 11.8 Å². The number of ketones is 1. The number of hydrogen-bond acceptors (Lipinski definition) is 14. The highest BCUT2D eigenvalue weighted by atomic mass is 28.4. The standard InChI is InChI=1S/C63H69NO14Si/c1-40(65)30-33-51(66)75-57-56(71-37-43-31-32-44-24-16-17-27-46(44)34-43)54-50(39-72-60(76-54)45-25-14-9-15-26-45)74-62(57)77-53-49(38-69-35-41-20-10-7-11-21-41)73-61(78-79(5,6)63(2,3)4)52(55(53)70-36-42-22-12-8-13-23-42)64-58(67)47-28-18-19-29-48(47)59(64)68/h7-29,31-32,34,49-50,52-57,60-62H,30,33,35-39H2,1-6H3/t49-,50-,52-,53-,54-,55-,56+,57-,60-,61+,62+/m1/s1. The fourth-order valence-corrected chi connectivity index (χ4v) is 11.4. The zero-order valence-corrected chi connectivity index (χ0v) is 46.5. The molecule has 0 spiro atoms. The van der Waals surface area contributed by atoms with Gasteiger partial charge < -0.3 is 51.9 Å². The van der Waals surface area contributed by atoms with Gasteiger partial charge in [-0.05, 0) is 70.7 Å². The summed E-state index contributed by atoms with van der Waals surface area (Å²) in [4.78, 5) is 57.7. The van der Waals surface area contributed by atoms with Crippen LogP contribution in [0.5, 0.6) is 0 Å². The summed E-state index contributed by atoms with van der Waals surface area (Å²) in [5, 5.41) is 1.71. The molecule has 3 fully saturated rings. The number of amides is 2. The van der Waals surface area contributed by atoms with Crippen molar-refractivity contribution in [2.45, 2.75) is 146 Å². The molecule has 11 atom stereocenters. The number of Topliss-reactive ketones (excluding diaryl/α,β-unsaturated/α-hetero) is 1. The third-order valence-corrected chi connectivity index (χ3v) is 19.9. The van der Waals surface area contributed by atoms with Gasteiger partial charge in [-0.15, -0.1) is 0 Å². The van der Waals surface area contributed by atoms with Gasteiger partial charge in [0, 0.05) is 12.0 Å². The predicted octanol–water partition coefficient (Wildman–Crippen LogP) is 10.4. The first kappa shape index (κ1) is 56.0. The smallest absolute Gasteiger partial charge is 0.306 e. The van der Waals surface area contributed by atoms with Gasteiger partial charge in [0.1, 0.15) is 48.4 Å². The zero-order chi connectivity index (χ0) is 55.3. The van der Waals surface area contributed by atoms with Crippen molar-refractivity contribution in [3.8, 4) is 0 Å². The molecule has 0 radical (unpaired) electrons. The number of nitrogens with zero attached hydrogens (tertiary/aromatic N) is 1. The van der Waals surface area contributed by atoms with E-state index >= 15 is 0 Å². The average molecular weight is 1090 g/mol. The number of ether oxygens (including phenoxy) is 9. The first-order chi connectivity index (χ1) is 38.1. The second-order valence-corrected chi connectivity index (χ2v) is 26.9. The summed E-state index contributed by atoms with van der Waals surface area (Å²) >= 11 is 0. The van der Waals surface area contributed by atoms with Gasteiger partial charge in [-0.25, -0.2) is 0 Å².